The Kier molecular flexibility index (Phi) is 12.5. The Bertz CT molecular complexity index is 569. The quantitative estimate of drug-likeness (QED) is 0.212. The van der Waals surface area contributed by atoms with Crippen molar-refractivity contribution in [2.24, 2.45) is 10.9 Å². The van der Waals surface area contributed by atoms with Crippen LogP contribution in [0.25, 0.3) is 0 Å². The van der Waals surface area contributed by atoms with Gasteiger partial charge in [-0.2, -0.15) is 0 Å². The number of nitrogens with one attached hydrogen (secondary N) is 2. The van der Waals surface area contributed by atoms with Crippen molar-refractivity contribution in [3.05, 3.63) is 16.1 Å². The fraction of sp³-hybridized carbons (Fsp3) is 0.800. The molecule has 0 saturated carbocycles. The molecule has 2 N–H and O–H groups in total. The summed E-state index contributed by atoms with van der Waals surface area (Å²) >= 11 is 1.74. The van der Waals surface area contributed by atoms with E-state index in [0.717, 1.165) is 71.3 Å². The second kappa shape index (κ2) is 13.7. The third-order valence-electron chi connectivity index (χ3n) is 4.39. The average Bonchev–Trinajstić information content (AvgIpc) is 3.29. The zero-order valence-electron chi connectivity index (χ0n) is 17.8. The lowest BCUT2D eigenvalue weighted by Crippen LogP contribution is -2.38. The summed E-state index contributed by atoms with van der Waals surface area (Å²) in [5, 5.41) is 10.0. The monoisotopic (exact) mass is 524 g/mol. The molecule has 28 heavy (non-hydrogen) atoms. The van der Waals surface area contributed by atoms with Gasteiger partial charge < -0.3 is 20.1 Å². The molecule has 6 nitrogen and oxygen atoms in total. The molecule has 0 spiro atoms. The van der Waals surface area contributed by atoms with Crippen molar-refractivity contribution in [2.45, 2.75) is 52.4 Å². The maximum absolute atomic E-state index is 5.73. The van der Waals surface area contributed by atoms with E-state index in [1.54, 1.807) is 11.3 Å². The fourth-order valence-corrected chi connectivity index (χ4v) is 3.75. The molecule has 2 rings (SSSR count). The Hall–Kier alpha value is -0.450. The Balaban J connectivity index is 0.00000392. The first-order valence-electron chi connectivity index (χ1n) is 10.1. The van der Waals surface area contributed by atoms with E-state index in [1.165, 1.54) is 10.7 Å². The SMILES string of the molecule is CCNC(=NCCCOCC1CCOC1)NCCc1nc(C(C)(C)C)cs1.I. The first-order chi connectivity index (χ1) is 13.0. The zero-order valence-corrected chi connectivity index (χ0v) is 20.9. The normalized spacial score (nSPS) is 17.4. The van der Waals surface area contributed by atoms with Gasteiger partial charge in [0, 0.05) is 56.0 Å². The number of halogens is 1. The maximum Gasteiger partial charge on any atom is 0.191 e. The van der Waals surface area contributed by atoms with Gasteiger partial charge in [0.05, 0.1) is 23.9 Å². The molecule has 0 aliphatic carbocycles. The highest BCUT2D eigenvalue weighted by atomic mass is 127. The fourth-order valence-electron chi connectivity index (χ4n) is 2.72. The molecular formula is C20H37IN4O2S. The van der Waals surface area contributed by atoms with Crippen molar-refractivity contribution in [3.8, 4) is 0 Å². The molecular weight excluding hydrogens is 487 g/mol. The number of guanidine groups is 1. The van der Waals surface area contributed by atoms with E-state index in [4.69, 9.17) is 14.5 Å². The van der Waals surface area contributed by atoms with Crippen molar-refractivity contribution in [2.75, 3.05) is 46.1 Å². The summed E-state index contributed by atoms with van der Waals surface area (Å²) in [5.41, 5.74) is 1.29. The summed E-state index contributed by atoms with van der Waals surface area (Å²) in [4.78, 5) is 9.38. The van der Waals surface area contributed by atoms with Crippen molar-refractivity contribution in [3.63, 3.8) is 0 Å². The predicted octanol–water partition coefficient (Wildman–Crippen LogP) is 3.60. The van der Waals surface area contributed by atoms with Gasteiger partial charge >= 0.3 is 0 Å². The Morgan fingerprint density at radius 2 is 2.21 bits per heavy atom. The first kappa shape index (κ1) is 25.6. The summed E-state index contributed by atoms with van der Waals surface area (Å²) in [6.45, 7) is 14.4. The van der Waals surface area contributed by atoms with E-state index in [-0.39, 0.29) is 29.4 Å². The first-order valence-corrected chi connectivity index (χ1v) is 11.0. The van der Waals surface area contributed by atoms with Crippen LogP contribution in [-0.4, -0.2) is 57.0 Å². The third kappa shape index (κ3) is 9.84. The van der Waals surface area contributed by atoms with Crippen molar-refractivity contribution < 1.29 is 9.47 Å². The third-order valence-corrected chi connectivity index (χ3v) is 5.30. The molecule has 0 radical (unpaired) electrons. The lowest BCUT2D eigenvalue weighted by molar-refractivity contribution is 0.0893. The van der Waals surface area contributed by atoms with E-state index in [9.17, 15) is 0 Å². The number of hydrogen-bond donors (Lipinski definition) is 2. The van der Waals surface area contributed by atoms with Gasteiger partial charge in [0.1, 0.15) is 0 Å². The molecule has 1 aromatic rings. The van der Waals surface area contributed by atoms with E-state index < -0.39 is 0 Å². The number of aromatic nitrogens is 1. The van der Waals surface area contributed by atoms with Crippen LogP contribution in [0.2, 0.25) is 0 Å². The highest BCUT2D eigenvalue weighted by Gasteiger charge is 2.17. The summed E-state index contributed by atoms with van der Waals surface area (Å²) in [5.74, 6) is 1.45. The number of ether oxygens (including phenoxy) is 2. The van der Waals surface area contributed by atoms with Crippen LogP contribution >= 0.6 is 35.3 Å². The second-order valence-corrected chi connectivity index (χ2v) is 8.91. The molecule has 1 saturated heterocycles. The number of aliphatic imine (C=N–C) groups is 1. The van der Waals surface area contributed by atoms with E-state index >= 15 is 0 Å². The Labute approximate surface area is 191 Å². The molecule has 1 unspecified atom stereocenters. The molecule has 1 aromatic heterocycles. The van der Waals surface area contributed by atoms with Crippen molar-refractivity contribution in [1.29, 1.82) is 0 Å². The van der Waals surface area contributed by atoms with Crippen LogP contribution in [0.4, 0.5) is 0 Å². The summed E-state index contributed by atoms with van der Waals surface area (Å²) in [7, 11) is 0. The molecule has 162 valence electrons. The predicted molar refractivity (Wildman–Crippen MR) is 128 cm³/mol. The van der Waals surface area contributed by atoms with Crippen LogP contribution in [0.15, 0.2) is 10.4 Å². The minimum atomic E-state index is 0. The minimum absolute atomic E-state index is 0. The summed E-state index contributed by atoms with van der Waals surface area (Å²) in [6.07, 6.45) is 2.98. The molecule has 1 fully saturated rings. The maximum atomic E-state index is 5.73. The van der Waals surface area contributed by atoms with Crippen LogP contribution in [0.5, 0.6) is 0 Å². The largest absolute Gasteiger partial charge is 0.381 e. The molecule has 0 amide bonds. The Morgan fingerprint density at radius 3 is 2.86 bits per heavy atom. The standard InChI is InChI=1S/C20H36N4O2S.HI/c1-5-21-19(22-9-6-11-25-13-16-8-12-26-14-16)23-10-7-18-24-17(15-27-18)20(2,3)4;/h15-16H,5-14H2,1-4H3,(H2,21,22,23);1H. The van der Waals surface area contributed by atoms with E-state index in [1.807, 2.05) is 0 Å². The molecule has 8 heteroatoms. The van der Waals surface area contributed by atoms with Crippen LogP contribution in [0.1, 0.15) is 51.2 Å². The number of rotatable bonds is 10. The number of hydrogen-bond acceptors (Lipinski definition) is 5. The molecule has 0 aromatic carbocycles. The molecule has 1 atom stereocenters. The molecule has 0 bridgehead atoms. The summed E-state index contributed by atoms with van der Waals surface area (Å²) < 4.78 is 11.1. The van der Waals surface area contributed by atoms with Gasteiger partial charge in [-0.25, -0.2) is 4.98 Å². The van der Waals surface area contributed by atoms with E-state index in [2.05, 4.69) is 48.7 Å². The van der Waals surface area contributed by atoms with Gasteiger partial charge in [-0.1, -0.05) is 20.8 Å². The van der Waals surface area contributed by atoms with Gasteiger partial charge in [-0.05, 0) is 19.8 Å². The van der Waals surface area contributed by atoms with Gasteiger partial charge in [-0.15, -0.1) is 35.3 Å². The molecule has 2 heterocycles. The highest BCUT2D eigenvalue weighted by molar-refractivity contribution is 14.0. The molecule has 1 aliphatic heterocycles. The highest BCUT2D eigenvalue weighted by Crippen LogP contribution is 2.23. The van der Waals surface area contributed by atoms with Gasteiger partial charge in [0.25, 0.3) is 0 Å². The van der Waals surface area contributed by atoms with Crippen LogP contribution in [0.3, 0.4) is 0 Å². The van der Waals surface area contributed by atoms with Crippen LogP contribution < -0.4 is 10.6 Å². The lowest BCUT2D eigenvalue weighted by atomic mass is 9.93. The van der Waals surface area contributed by atoms with Crippen molar-refractivity contribution >= 4 is 41.3 Å². The minimum Gasteiger partial charge on any atom is -0.381 e. The van der Waals surface area contributed by atoms with Crippen LogP contribution in [-0.2, 0) is 21.3 Å². The van der Waals surface area contributed by atoms with Crippen molar-refractivity contribution in [1.82, 2.24) is 15.6 Å². The lowest BCUT2D eigenvalue weighted by Gasteiger charge is -2.14. The number of thiazole rings is 1. The zero-order chi connectivity index (χ0) is 19.5. The topological polar surface area (TPSA) is 67.8 Å². The second-order valence-electron chi connectivity index (χ2n) is 7.97. The number of nitrogens with zero attached hydrogens (tertiary/aromatic N) is 2. The molecule has 1 aliphatic rings. The van der Waals surface area contributed by atoms with Gasteiger partial charge in [0.15, 0.2) is 5.96 Å². The van der Waals surface area contributed by atoms with Gasteiger partial charge in [0.2, 0.25) is 0 Å². The summed E-state index contributed by atoms with van der Waals surface area (Å²) in [6, 6.07) is 0. The Morgan fingerprint density at radius 1 is 1.39 bits per heavy atom. The van der Waals surface area contributed by atoms with E-state index in [0.29, 0.717) is 5.92 Å². The van der Waals surface area contributed by atoms with Crippen LogP contribution in [0, 0.1) is 5.92 Å². The smallest absolute Gasteiger partial charge is 0.191 e. The average molecular weight is 525 g/mol. The van der Waals surface area contributed by atoms with Gasteiger partial charge in [-0.3, -0.25) is 4.99 Å².